The number of ether oxygens (including phenoxy) is 2. The Morgan fingerprint density at radius 1 is 1.07 bits per heavy atom. The Bertz CT molecular complexity index is 295. The second kappa shape index (κ2) is 4.67. The van der Waals surface area contributed by atoms with Gasteiger partial charge >= 0.3 is 0 Å². The highest BCUT2D eigenvalue weighted by Gasteiger charge is 2.16. The lowest BCUT2D eigenvalue weighted by atomic mass is 10.1. The summed E-state index contributed by atoms with van der Waals surface area (Å²) in [5.74, 6) is 0.877. The van der Waals surface area contributed by atoms with Crippen molar-refractivity contribution in [2.24, 2.45) is 0 Å². The topological polar surface area (TPSA) is 18.5 Å². The fourth-order valence-corrected chi connectivity index (χ4v) is 1.47. The molecule has 0 heterocycles. The molecule has 0 amide bonds. The molecule has 0 radical (unpaired) electrons. The minimum Gasteiger partial charge on any atom is -0.497 e. The van der Waals surface area contributed by atoms with Crippen molar-refractivity contribution in [2.45, 2.75) is 39.4 Å². The fourth-order valence-electron chi connectivity index (χ4n) is 1.47. The van der Waals surface area contributed by atoms with E-state index in [9.17, 15) is 0 Å². The van der Waals surface area contributed by atoms with E-state index in [0.29, 0.717) is 0 Å². The van der Waals surface area contributed by atoms with Crippen molar-refractivity contribution in [1.82, 2.24) is 0 Å². The van der Waals surface area contributed by atoms with Crippen LogP contribution in [0.1, 0.15) is 39.4 Å². The first-order chi connectivity index (χ1) is 6.92. The smallest absolute Gasteiger partial charge is 0.118 e. The summed E-state index contributed by atoms with van der Waals surface area (Å²) in [4.78, 5) is 0. The fraction of sp³-hybridized carbons (Fsp3) is 0.538. The maximum Gasteiger partial charge on any atom is 0.118 e. The molecule has 2 heteroatoms. The van der Waals surface area contributed by atoms with Crippen LogP contribution in [0.15, 0.2) is 24.3 Å². The molecule has 1 unspecified atom stereocenters. The van der Waals surface area contributed by atoms with E-state index in [0.717, 1.165) is 5.75 Å². The zero-order valence-electron chi connectivity index (χ0n) is 10.2. The van der Waals surface area contributed by atoms with E-state index in [1.807, 2.05) is 24.3 Å². The van der Waals surface area contributed by atoms with Crippen molar-refractivity contribution in [1.29, 1.82) is 0 Å². The molecule has 0 aliphatic carbocycles. The molecule has 2 nitrogen and oxygen atoms in total. The largest absolute Gasteiger partial charge is 0.497 e. The van der Waals surface area contributed by atoms with E-state index >= 15 is 0 Å². The lowest BCUT2D eigenvalue weighted by Gasteiger charge is -2.25. The maximum atomic E-state index is 5.86. The average molecular weight is 208 g/mol. The predicted molar refractivity (Wildman–Crippen MR) is 62.2 cm³/mol. The van der Waals surface area contributed by atoms with E-state index in [1.165, 1.54) is 5.56 Å². The third-order valence-electron chi connectivity index (χ3n) is 2.12. The molecule has 0 aromatic heterocycles. The van der Waals surface area contributed by atoms with E-state index in [4.69, 9.17) is 9.47 Å². The van der Waals surface area contributed by atoms with Crippen LogP contribution in [0.3, 0.4) is 0 Å². The summed E-state index contributed by atoms with van der Waals surface area (Å²) in [6.45, 7) is 8.25. The first-order valence-corrected chi connectivity index (χ1v) is 5.24. The van der Waals surface area contributed by atoms with Gasteiger partial charge < -0.3 is 9.47 Å². The number of benzene rings is 1. The van der Waals surface area contributed by atoms with Crippen LogP contribution in [0.4, 0.5) is 0 Å². The van der Waals surface area contributed by atoms with Gasteiger partial charge in [-0.25, -0.2) is 0 Å². The van der Waals surface area contributed by atoms with Gasteiger partial charge in [0.05, 0.1) is 18.8 Å². The highest BCUT2D eigenvalue weighted by Crippen LogP contribution is 2.24. The van der Waals surface area contributed by atoms with Crippen LogP contribution in [0.2, 0.25) is 0 Å². The SMILES string of the molecule is COc1ccc(C(C)OC(C)(C)C)cc1. The van der Waals surface area contributed by atoms with Crippen molar-refractivity contribution < 1.29 is 9.47 Å². The predicted octanol–water partition coefficient (Wildman–Crippen LogP) is 3.57. The highest BCUT2D eigenvalue weighted by molar-refractivity contribution is 5.28. The van der Waals surface area contributed by atoms with Crippen LogP contribution < -0.4 is 4.74 Å². The molecule has 0 saturated carbocycles. The Morgan fingerprint density at radius 2 is 1.60 bits per heavy atom. The molecule has 84 valence electrons. The Kier molecular flexibility index (Phi) is 3.75. The quantitative estimate of drug-likeness (QED) is 0.756. The zero-order valence-corrected chi connectivity index (χ0v) is 10.2. The van der Waals surface area contributed by atoms with Gasteiger partial charge in [-0.15, -0.1) is 0 Å². The van der Waals surface area contributed by atoms with Crippen LogP contribution in [-0.4, -0.2) is 12.7 Å². The van der Waals surface area contributed by atoms with Crippen molar-refractivity contribution >= 4 is 0 Å². The van der Waals surface area contributed by atoms with Gasteiger partial charge in [-0.1, -0.05) is 12.1 Å². The Hall–Kier alpha value is -1.02. The minimum absolute atomic E-state index is 0.107. The molecule has 0 saturated heterocycles. The van der Waals surface area contributed by atoms with Gasteiger partial charge in [-0.05, 0) is 45.4 Å². The zero-order chi connectivity index (χ0) is 11.5. The summed E-state index contributed by atoms with van der Waals surface area (Å²) in [5.41, 5.74) is 1.06. The van der Waals surface area contributed by atoms with Crippen molar-refractivity contribution in [3.05, 3.63) is 29.8 Å². The maximum absolute atomic E-state index is 5.86. The summed E-state index contributed by atoms with van der Waals surface area (Å²) in [6.07, 6.45) is 0.107. The molecular formula is C13H20O2. The molecular weight excluding hydrogens is 188 g/mol. The second-order valence-corrected chi connectivity index (χ2v) is 4.65. The van der Waals surface area contributed by atoms with Crippen molar-refractivity contribution in [3.63, 3.8) is 0 Å². The van der Waals surface area contributed by atoms with Crippen LogP contribution in [0.25, 0.3) is 0 Å². The van der Waals surface area contributed by atoms with Gasteiger partial charge in [0.1, 0.15) is 5.75 Å². The Morgan fingerprint density at radius 3 is 2.00 bits per heavy atom. The first kappa shape index (κ1) is 12.1. The van der Waals surface area contributed by atoms with Gasteiger partial charge in [-0.2, -0.15) is 0 Å². The third-order valence-corrected chi connectivity index (χ3v) is 2.12. The van der Waals surface area contributed by atoms with Crippen LogP contribution in [0.5, 0.6) is 5.75 Å². The highest BCUT2D eigenvalue weighted by atomic mass is 16.5. The molecule has 1 atom stereocenters. The molecule has 1 aromatic carbocycles. The molecule has 0 N–H and O–H groups in total. The first-order valence-electron chi connectivity index (χ1n) is 5.24. The monoisotopic (exact) mass is 208 g/mol. The Labute approximate surface area is 92.2 Å². The van der Waals surface area contributed by atoms with E-state index in [2.05, 4.69) is 27.7 Å². The van der Waals surface area contributed by atoms with Gasteiger partial charge in [0.15, 0.2) is 0 Å². The Balaban J connectivity index is 2.70. The number of methoxy groups -OCH3 is 1. The normalized spacial score (nSPS) is 13.7. The van der Waals surface area contributed by atoms with Crippen molar-refractivity contribution in [2.75, 3.05) is 7.11 Å². The van der Waals surface area contributed by atoms with Crippen LogP contribution in [-0.2, 0) is 4.74 Å². The van der Waals surface area contributed by atoms with Gasteiger partial charge in [0, 0.05) is 0 Å². The number of hydrogen-bond donors (Lipinski definition) is 0. The van der Waals surface area contributed by atoms with Crippen LogP contribution >= 0.6 is 0 Å². The number of rotatable bonds is 3. The number of hydrogen-bond acceptors (Lipinski definition) is 2. The second-order valence-electron chi connectivity index (χ2n) is 4.65. The minimum atomic E-state index is -0.112. The summed E-state index contributed by atoms with van der Waals surface area (Å²) < 4.78 is 11.0. The molecule has 0 spiro atoms. The van der Waals surface area contributed by atoms with E-state index < -0.39 is 0 Å². The molecule has 1 aromatic rings. The van der Waals surface area contributed by atoms with Gasteiger partial charge in [-0.3, -0.25) is 0 Å². The lowest BCUT2D eigenvalue weighted by Crippen LogP contribution is -2.21. The van der Waals surface area contributed by atoms with E-state index in [1.54, 1.807) is 7.11 Å². The molecule has 1 rings (SSSR count). The van der Waals surface area contributed by atoms with Gasteiger partial charge in [0.25, 0.3) is 0 Å². The summed E-state index contributed by atoms with van der Waals surface area (Å²) in [6, 6.07) is 7.99. The molecule has 15 heavy (non-hydrogen) atoms. The molecule has 0 aliphatic rings. The van der Waals surface area contributed by atoms with E-state index in [-0.39, 0.29) is 11.7 Å². The van der Waals surface area contributed by atoms with Crippen molar-refractivity contribution in [3.8, 4) is 5.75 Å². The summed E-state index contributed by atoms with van der Waals surface area (Å²) >= 11 is 0. The summed E-state index contributed by atoms with van der Waals surface area (Å²) in [7, 11) is 1.67. The van der Waals surface area contributed by atoms with Gasteiger partial charge in [0.2, 0.25) is 0 Å². The molecule has 0 fully saturated rings. The average Bonchev–Trinajstić information content (AvgIpc) is 2.15. The molecule has 0 aliphatic heterocycles. The third kappa shape index (κ3) is 3.92. The van der Waals surface area contributed by atoms with Crippen LogP contribution in [0, 0.1) is 0 Å². The lowest BCUT2D eigenvalue weighted by molar-refractivity contribution is -0.0529. The molecule has 0 bridgehead atoms. The standard InChI is InChI=1S/C13H20O2/c1-10(15-13(2,3)4)11-6-8-12(14-5)9-7-11/h6-10H,1-5H3. The summed E-state index contributed by atoms with van der Waals surface area (Å²) in [5, 5.41) is 0.